The van der Waals surface area contributed by atoms with E-state index in [1.807, 2.05) is 17.5 Å². The second-order valence-electron chi connectivity index (χ2n) is 6.91. The number of methoxy groups -OCH3 is 2. The molecule has 0 saturated carbocycles. The number of ether oxygens (including phenoxy) is 2. The third-order valence-electron chi connectivity index (χ3n) is 4.96. The van der Waals surface area contributed by atoms with Crippen molar-refractivity contribution in [2.75, 3.05) is 19.5 Å². The number of carbonyl (C=O) groups excluding carboxylic acids is 1. The molecule has 0 radical (unpaired) electrons. The smallest absolute Gasteiger partial charge is 0.250 e. The first-order chi connectivity index (χ1) is 14.5. The van der Waals surface area contributed by atoms with Crippen molar-refractivity contribution >= 4 is 28.5 Å². The summed E-state index contributed by atoms with van der Waals surface area (Å²) in [4.78, 5) is 16.8. The van der Waals surface area contributed by atoms with Gasteiger partial charge >= 0.3 is 0 Å². The predicted octanol–water partition coefficient (Wildman–Crippen LogP) is 5.99. The summed E-state index contributed by atoms with van der Waals surface area (Å²) in [5, 5.41) is 5.34. The van der Waals surface area contributed by atoms with Gasteiger partial charge in [-0.3, -0.25) is 10.1 Å². The molecule has 1 heterocycles. The van der Waals surface area contributed by atoms with Gasteiger partial charge in [0.15, 0.2) is 16.6 Å². The lowest BCUT2D eigenvalue weighted by Gasteiger charge is -2.08. The minimum absolute atomic E-state index is 0.238. The van der Waals surface area contributed by atoms with E-state index in [9.17, 15) is 4.79 Å². The first-order valence-corrected chi connectivity index (χ1v) is 10.7. The molecule has 0 aliphatic rings. The largest absolute Gasteiger partial charge is 0.493 e. The molecule has 1 atom stereocenters. The van der Waals surface area contributed by atoms with Gasteiger partial charge in [-0.2, -0.15) is 0 Å². The van der Waals surface area contributed by atoms with Crippen molar-refractivity contribution in [3.8, 4) is 22.8 Å². The van der Waals surface area contributed by atoms with E-state index < -0.39 is 0 Å². The third-order valence-corrected chi connectivity index (χ3v) is 5.71. The Kier molecular flexibility index (Phi) is 7.25. The van der Waals surface area contributed by atoms with E-state index in [-0.39, 0.29) is 5.91 Å². The lowest BCUT2D eigenvalue weighted by molar-refractivity contribution is -0.111. The number of nitrogens with one attached hydrogen (secondary N) is 1. The minimum Gasteiger partial charge on any atom is -0.493 e. The van der Waals surface area contributed by atoms with Crippen molar-refractivity contribution in [2.45, 2.75) is 26.2 Å². The zero-order chi connectivity index (χ0) is 21.5. The molecule has 0 saturated heterocycles. The molecule has 0 aliphatic carbocycles. The van der Waals surface area contributed by atoms with Crippen LogP contribution < -0.4 is 14.8 Å². The molecule has 1 unspecified atom stereocenters. The van der Waals surface area contributed by atoms with Crippen LogP contribution in [0, 0.1) is 0 Å². The summed E-state index contributed by atoms with van der Waals surface area (Å²) >= 11 is 1.41. The number of amides is 1. The molecule has 3 aromatic rings. The highest BCUT2D eigenvalue weighted by Crippen LogP contribution is 2.29. The molecule has 1 N–H and O–H groups in total. The van der Waals surface area contributed by atoms with E-state index in [0.717, 1.165) is 23.2 Å². The summed E-state index contributed by atoms with van der Waals surface area (Å²) in [7, 11) is 3.17. The Hall–Kier alpha value is -3.12. The number of nitrogens with zero attached hydrogens (tertiary/aromatic N) is 1. The van der Waals surface area contributed by atoms with Gasteiger partial charge in [0.1, 0.15) is 0 Å². The van der Waals surface area contributed by atoms with Gasteiger partial charge in [-0.15, -0.1) is 11.3 Å². The Bertz CT molecular complexity index is 1030. The Morgan fingerprint density at radius 1 is 1.13 bits per heavy atom. The lowest BCUT2D eigenvalue weighted by atomic mass is 9.97. The van der Waals surface area contributed by atoms with Crippen LogP contribution >= 0.6 is 11.3 Å². The summed E-state index contributed by atoms with van der Waals surface area (Å²) in [5.41, 5.74) is 4.06. The SMILES string of the molecule is CCC(C)c1ccc(-c2csc(NC(=O)C=Cc3ccc(OC)c(OC)c3)n2)cc1. The predicted molar refractivity (Wildman–Crippen MR) is 123 cm³/mol. The molecular weight excluding hydrogens is 396 g/mol. The maximum atomic E-state index is 12.3. The molecule has 3 rings (SSSR count). The van der Waals surface area contributed by atoms with Crippen LogP contribution in [0.15, 0.2) is 53.9 Å². The quantitative estimate of drug-likeness (QED) is 0.453. The number of carbonyl (C=O) groups is 1. The molecule has 156 valence electrons. The number of hydrogen-bond acceptors (Lipinski definition) is 5. The molecule has 0 bridgehead atoms. The molecule has 0 fully saturated rings. The number of benzene rings is 2. The molecule has 1 amide bonds. The van der Waals surface area contributed by atoms with Crippen molar-refractivity contribution in [3.05, 3.63) is 65.0 Å². The van der Waals surface area contributed by atoms with Crippen LogP contribution in [0.3, 0.4) is 0 Å². The van der Waals surface area contributed by atoms with Crippen LogP contribution in [0.1, 0.15) is 37.3 Å². The Morgan fingerprint density at radius 3 is 2.53 bits per heavy atom. The van der Waals surface area contributed by atoms with Gasteiger partial charge in [0.2, 0.25) is 5.91 Å². The highest BCUT2D eigenvalue weighted by Gasteiger charge is 2.08. The van der Waals surface area contributed by atoms with Crippen molar-refractivity contribution in [1.82, 2.24) is 4.98 Å². The Balaban J connectivity index is 1.64. The first kappa shape index (κ1) is 21.6. The van der Waals surface area contributed by atoms with Gasteiger partial charge in [-0.05, 0) is 41.7 Å². The second kappa shape index (κ2) is 10.1. The lowest BCUT2D eigenvalue weighted by Crippen LogP contribution is -2.07. The molecular formula is C24H26N2O3S. The standard InChI is InChI=1S/C24H26N2O3S/c1-5-16(2)18-8-10-19(11-9-18)20-15-30-24(25-20)26-23(27)13-7-17-6-12-21(28-3)22(14-17)29-4/h6-16H,5H2,1-4H3,(H,25,26,27). The highest BCUT2D eigenvalue weighted by molar-refractivity contribution is 7.14. The van der Waals surface area contributed by atoms with E-state index in [1.54, 1.807) is 26.4 Å². The number of hydrogen-bond donors (Lipinski definition) is 1. The Labute approximate surface area is 181 Å². The number of thiazole rings is 1. The average molecular weight is 423 g/mol. The topological polar surface area (TPSA) is 60.5 Å². The summed E-state index contributed by atoms with van der Waals surface area (Å²) < 4.78 is 10.5. The van der Waals surface area contributed by atoms with Crippen molar-refractivity contribution in [3.63, 3.8) is 0 Å². The van der Waals surface area contributed by atoms with Crippen LogP contribution in [0.5, 0.6) is 11.5 Å². The maximum absolute atomic E-state index is 12.3. The van der Waals surface area contributed by atoms with Crippen LogP contribution in [0.4, 0.5) is 5.13 Å². The van der Waals surface area contributed by atoms with E-state index in [4.69, 9.17) is 9.47 Å². The first-order valence-electron chi connectivity index (χ1n) is 9.81. The fourth-order valence-corrected chi connectivity index (χ4v) is 3.68. The van der Waals surface area contributed by atoms with E-state index in [2.05, 4.69) is 48.4 Å². The van der Waals surface area contributed by atoms with Crippen LogP contribution in [-0.2, 0) is 4.79 Å². The van der Waals surface area contributed by atoms with Crippen LogP contribution in [0.25, 0.3) is 17.3 Å². The fraction of sp³-hybridized carbons (Fsp3) is 0.250. The van der Waals surface area contributed by atoms with E-state index >= 15 is 0 Å². The van der Waals surface area contributed by atoms with E-state index in [0.29, 0.717) is 22.5 Å². The third kappa shape index (κ3) is 5.27. The molecule has 30 heavy (non-hydrogen) atoms. The normalized spacial score (nSPS) is 12.0. The van der Waals surface area contributed by atoms with Crippen molar-refractivity contribution < 1.29 is 14.3 Å². The number of anilines is 1. The van der Waals surface area contributed by atoms with E-state index in [1.165, 1.54) is 23.0 Å². The average Bonchev–Trinajstić information content (AvgIpc) is 3.25. The van der Waals surface area contributed by atoms with Gasteiger partial charge in [0, 0.05) is 17.0 Å². The summed E-state index contributed by atoms with van der Waals surface area (Å²) in [6.45, 7) is 4.41. The van der Waals surface area contributed by atoms with Crippen LogP contribution in [0.2, 0.25) is 0 Å². The highest BCUT2D eigenvalue weighted by atomic mass is 32.1. The Morgan fingerprint density at radius 2 is 1.87 bits per heavy atom. The summed E-state index contributed by atoms with van der Waals surface area (Å²) in [6.07, 6.45) is 4.31. The monoisotopic (exact) mass is 422 g/mol. The maximum Gasteiger partial charge on any atom is 0.250 e. The zero-order valence-corrected chi connectivity index (χ0v) is 18.5. The van der Waals surface area contributed by atoms with Crippen LogP contribution in [-0.4, -0.2) is 25.1 Å². The van der Waals surface area contributed by atoms with Gasteiger partial charge < -0.3 is 9.47 Å². The fourth-order valence-electron chi connectivity index (χ4n) is 2.96. The molecule has 1 aromatic heterocycles. The van der Waals surface area contributed by atoms with Gasteiger partial charge in [-0.25, -0.2) is 4.98 Å². The second-order valence-corrected chi connectivity index (χ2v) is 7.76. The summed E-state index contributed by atoms with van der Waals surface area (Å²) in [5.74, 6) is 1.56. The van der Waals surface area contributed by atoms with Crippen molar-refractivity contribution in [1.29, 1.82) is 0 Å². The number of rotatable bonds is 8. The van der Waals surface area contributed by atoms with Crippen molar-refractivity contribution in [2.24, 2.45) is 0 Å². The molecule has 2 aromatic carbocycles. The minimum atomic E-state index is -0.238. The summed E-state index contributed by atoms with van der Waals surface area (Å²) in [6, 6.07) is 13.9. The van der Waals surface area contributed by atoms with Gasteiger partial charge in [0.25, 0.3) is 0 Å². The molecule has 6 heteroatoms. The molecule has 5 nitrogen and oxygen atoms in total. The zero-order valence-electron chi connectivity index (χ0n) is 17.6. The molecule has 0 aliphatic heterocycles. The van der Waals surface area contributed by atoms with Gasteiger partial charge in [0.05, 0.1) is 19.9 Å². The number of aromatic nitrogens is 1. The molecule has 0 spiro atoms. The van der Waals surface area contributed by atoms with Gasteiger partial charge in [-0.1, -0.05) is 44.2 Å².